The van der Waals surface area contributed by atoms with E-state index in [9.17, 15) is 9.59 Å². The van der Waals surface area contributed by atoms with Crippen molar-refractivity contribution in [2.75, 3.05) is 11.1 Å². The van der Waals surface area contributed by atoms with Crippen molar-refractivity contribution in [3.05, 3.63) is 69.5 Å². The third-order valence-electron chi connectivity index (χ3n) is 5.14. The van der Waals surface area contributed by atoms with Gasteiger partial charge in [0.1, 0.15) is 0 Å². The number of nitrogens with zero attached hydrogens (tertiary/aromatic N) is 3. The highest BCUT2D eigenvalue weighted by atomic mass is 35.5. The second-order valence-electron chi connectivity index (χ2n) is 8.11. The van der Waals surface area contributed by atoms with E-state index in [-0.39, 0.29) is 29.5 Å². The third kappa shape index (κ3) is 6.52. The van der Waals surface area contributed by atoms with Gasteiger partial charge in [0.25, 0.3) is 5.91 Å². The molecule has 0 bridgehead atoms. The number of amides is 2. The second kappa shape index (κ2) is 11.7. The molecule has 3 rings (SSSR count). The molecule has 34 heavy (non-hydrogen) atoms. The lowest BCUT2D eigenvalue weighted by Gasteiger charge is -2.22. The van der Waals surface area contributed by atoms with Gasteiger partial charge in [-0.1, -0.05) is 66.5 Å². The summed E-state index contributed by atoms with van der Waals surface area (Å²) in [6.45, 7) is 8.60. The zero-order valence-electron chi connectivity index (χ0n) is 19.4. The highest BCUT2D eigenvalue weighted by Crippen LogP contribution is 2.27. The summed E-state index contributed by atoms with van der Waals surface area (Å²) < 4.78 is 1.93. The van der Waals surface area contributed by atoms with Gasteiger partial charge < -0.3 is 15.2 Å². The van der Waals surface area contributed by atoms with Gasteiger partial charge in [0.15, 0.2) is 11.0 Å². The number of thioether (sulfide) groups is 1. The maximum absolute atomic E-state index is 12.8. The van der Waals surface area contributed by atoms with Crippen LogP contribution in [-0.2, 0) is 11.3 Å². The molecule has 1 atom stereocenters. The van der Waals surface area contributed by atoms with Crippen molar-refractivity contribution in [2.24, 2.45) is 5.92 Å². The molecule has 0 aliphatic heterocycles. The standard InChI is InChI=1S/C24H27Cl2N5O2S/c1-5-31-22(21(14(2)3)28-23(33)16-8-6-15(4)7-9-16)29-30-24(31)34-13-20(32)27-17-10-11-18(25)19(26)12-17/h6-12,14,21H,5,13H2,1-4H3,(H,27,32)(H,28,33)/t21-/m0/s1. The Morgan fingerprint density at radius 1 is 1.06 bits per heavy atom. The van der Waals surface area contributed by atoms with E-state index < -0.39 is 0 Å². The molecule has 0 aliphatic rings. The van der Waals surface area contributed by atoms with Gasteiger partial charge in [0.05, 0.1) is 21.8 Å². The number of carbonyl (C=O) groups is 2. The molecule has 180 valence electrons. The molecule has 0 unspecified atom stereocenters. The van der Waals surface area contributed by atoms with Crippen molar-refractivity contribution >= 4 is 52.5 Å². The first kappa shape index (κ1) is 26.1. The predicted molar refractivity (Wildman–Crippen MR) is 138 cm³/mol. The van der Waals surface area contributed by atoms with Crippen LogP contribution in [0.25, 0.3) is 0 Å². The Morgan fingerprint density at radius 3 is 2.38 bits per heavy atom. The van der Waals surface area contributed by atoms with Crippen molar-refractivity contribution in [2.45, 2.75) is 45.4 Å². The molecule has 0 spiro atoms. The first-order chi connectivity index (χ1) is 16.2. The zero-order chi connectivity index (χ0) is 24.8. The summed E-state index contributed by atoms with van der Waals surface area (Å²) in [5, 5.41) is 15.9. The Morgan fingerprint density at radius 2 is 1.76 bits per heavy atom. The number of aryl methyl sites for hydroxylation is 1. The average molecular weight is 520 g/mol. The van der Waals surface area contributed by atoms with Gasteiger partial charge >= 0.3 is 0 Å². The minimum atomic E-state index is -0.333. The Labute approximate surface area is 213 Å². The SMILES string of the molecule is CCn1c(SCC(=O)Nc2ccc(Cl)c(Cl)c2)nnc1[C@@H](NC(=O)c1ccc(C)cc1)C(C)C. The molecule has 2 amide bonds. The number of rotatable bonds is 9. The van der Waals surface area contributed by atoms with Gasteiger partial charge in [0, 0.05) is 17.8 Å². The van der Waals surface area contributed by atoms with Crippen LogP contribution < -0.4 is 10.6 Å². The highest BCUT2D eigenvalue weighted by Gasteiger charge is 2.26. The van der Waals surface area contributed by atoms with Crippen LogP contribution in [0.5, 0.6) is 0 Å². The fraction of sp³-hybridized carbons (Fsp3) is 0.333. The monoisotopic (exact) mass is 519 g/mol. The van der Waals surface area contributed by atoms with Gasteiger partial charge in [-0.15, -0.1) is 10.2 Å². The van der Waals surface area contributed by atoms with Crippen LogP contribution in [0, 0.1) is 12.8 Å². The largest absolute Gasteiger partial charge is 0.342 e. The lowest BCUT2D eigenvalue weighted by molar-refractivity contribution is -0.113. The van der Waals surface area contributed by atoms with E-state index in [1.807, 2.05) is 44.4 Å². The number of anilines is 1. The van der Waals surface area contributed by atoms with Gasteiger partial charge in [-0.25, -0.2) is 0 Å². The van der Waals surface area contributed by atoms with Crippen molar-refractivity contribution < 1.29 is 9.59 Å². The first-order valence-electron chi connectivity index (χ1n) is 10.9. The Balaban J connectivity index is 1.70. The number of hydrogen-bond donors (Lipinski definition) is 2. The van der Waals surface area contributed by atoms with Crippen molar-refractivity contribution in [1.82, 2.24) is 20.1 Å². The number of aromatic nitrogens is 3. The Hall–Kier alpha value is -2.55. The molecule has 0 saturated heterocycles. The molecule has 1 heterocycles. The van der Waals surface area contributed by atoms with E-state index in [2.05, 4.69) is 20.8 Å². The Bertz CT molecular complexity index is 1160. The topological polar surface area (TPSA) is 88.9 Å². The van der Waals surface area contributed by atoms with Crippen LogP contribution >= 0.6 is 35.0 Å². The fourth-order valence-corrected chi connectivity index (χ4v) is 4.40. The quantitative estimate of drug-likeness (QED) is 0.350. The van der Waals surface area contributed by atoms with Crippen LogP contribution in [0.15, 0.2) is 47.6 Å². The third-order valence-corrected chi connectivity index (χ3v) is 6.85. The maximum atomic E-state index is 12.8. The first-order valence-corrected chi connectivity index (χ1v) is 12.6. The summed E-state index contributed by atoms with van der Waals surface area (Å²) in [5.74, 6) is 0.508. The lowest BCUT2D eigenvalue weighted by Crippen LogP contribution is -2.33. The molecule has 7 nitrogen and oxygen atoms in total. The molecule has 0 saturated carbocycles. The van der Waals surface area contributed by atoms with Gasteiger partial charge in [-0.05, 0) is 50.1 Å². The number of halogens is 2. The smallest absolute Gasteiger partial charge is 0.251 e. The molecule has 2 aromatic carbocycles. The second-order valence-corrected chi connectivity index (χ2v) is 9.87. The summed E-state index contributed by atoms with van der Waals surface area (Å²) in [7, 11) is 0. The van der Waals surface area contributed by atoms with Crippen LogP contribution in [0.4, 0.5) is 5.69 Å². The molecule has 10 heteroatoms. The number of hydrogen-bond acceptors (Lipinski definition) is 5. The summed E-state index contributed by atoms with van der Waals surface area (Å²) in [4.78, 5) is 25.3. The van der Waals surface area contributed by atoms with E-state index in [0.717, 1.165) is 5.56 Å². The predicted octanol–water partition coefficient (Wildman–Crippen LogP) is 5.77. The van der Waals surface area contributed by atoms with E-state index in [1.54, 1.807) is 30.3 Å². The minimum Gasteiger partial charge on any atom is -0.342 e. The average Bonchev–Trinajstić information content (AvgIpc) is 3.21. The summed E-state index contributed by atoms with van der Waals surface area (Å²) in [6.07, 6.45) is 0. The van der Waals surface area contributed by atoms with Gasteiger partial charge in [-0.2, -0.15) is 0 Å². The van der Waals surface area contributed by atoms with Crippen molar-refractivity contribution in [3.8, 4) is 0 Å². The number of benzene rings is 2. The Kier molecular flexibility index (Phi) is 8.99. The normalized spacial score (nSPS) is 12.0. The molecule has 0 fully saturated rings. The molecule has 1 aromatic heterocycles. The lowest BCUT2D eigenvalue weighted by atomic mass is 10.0. The van der Waals surface area contributed by atoms with Crippen LogP contribution in [0.3, 0.4) is 0 Å². The number of nitrogens with one attached hydrogen (secondary N) is 2. The van der Waals surface area contributed by atoms with E-state index in [1.165, 1.54) is 11.8 Å². The zero-order valence-corrected chi connectivity index (χ0v) is 21.8. The number of carbonyl (C=O) groups excluding carboxylic acids is 2. The van der Waals surface area contributed by atoms with Gasteiger partial charge in [0.2, 0.25) is 5.91 Å². The van der Waals surface area contributed by atoms with E-state index in [4.69, 9.17) is 23.2 Å². The summed E-state index contributed by atoms with van der Waals surface area (Å²) in [6, 6.07) is 12.0. The molecule has 3 aromatic rings. The summed E-state index contributed by atoms with van der Waals surface area (Å²) >= 11 is 13.2. The van der Waals surface area contributed by atoms with Crippen molar-refractivity contribution in [1.29, 1.82) is 0 Å². The van der Waals surface area contributed by atoms with Crippen LogP contribution in [0.2, 0.25) is 10.0 Å². The molecule has 0 radical (unpaired) electrons. The van der Waals surface area contributed by atoms with Crippen LogP contribution in [-0.4, -0.2) is 32.3 Å². The van der Waals surface area contributed by atoms with E-state index in [0.29, 0.717) is 38.8 Å². The molecular formula is C24H27Cl2N5O2S. The van der Waals surface area contributed by atoms with E-state index >= 15 is 0 Å². The molecular weight excluding hydrogens is 493 g/mol. The van der Waals surface area contributed by atoms with Crippen LogP contribution in [0.1, 0.15) is 48.6 Å². The molecule has 2 N–H and O–H groups in total. The summed E-state index contributed by atoms with van der Waals surface area (Å²) in [5.41, 5.74) is 2.25. The van der Waals surface area contributed by atoms with Gasteiger partial charge in [-0.3, -0.25) is 9.59 Å². The maximum Gasteiger partial charge on any atom is 0.251 e. The highest BCUT2D eigenvalue weighted by molar-refractivity contribution is 7.99. The van der Waals surface area contributed by atoms with Crippen molar-refractivity contribution in [3.63, 3.8) is 0 Å². The minimum absolute atomic E-state index is 0.0831. The fourth-order valence-electron chi connectivity index (χ4n) is 3.29. The molecule has 0 aliphatic carbocycles.